The Morgan fingerprint density at radius 3 is 2.62 bits per heavy atom. The largest absolute Gasteiger partial charge is 0.357 e. The third kappa shape index (κ3) is 6.39. The molecule has 0 atom stereocenters. The van der Waals surface area contributed by atoms with Gasteiger partial charge in [0, 0.05) is 11.9 Å². The molecular weight excluding hydrogens is 431 g/mol. The van der Waals surface area contributed by atoms with Crippen molar-refractivity contribution in [2.75, 3.05) is 6.54 Å². The molecule has 4 nitrogen and oxygen atoms in total. The zero-order valence-corrected chi connectivity index (χ0v) is 17.9. The number of aromatic nitrogens is 1. The van der Waals surface area contributed by atoms with Gasteiger partial charge in [-0.15, -0.1) is 35.3 Å². The highest BCUT2D eigenvalue weighted by atomic mass is 127. The Balaban J connectivity index is 0.00000288. The third-order valence-electron chi connectivity index (χ3n) is 3.58. The van der Waals surface area contributed by atoms with Crippen LogP contribution >= 0.6 is 35.3 Å². The van der Waals surface area contributed by atoms with E-state index in [4.69, 9.17) is 0 Å². The lowest BCUT2D eigenvalue weighted by Gasteiger charge is -2.10. The van der Waals surface area contributed by atoms with Crippen LogP contribution in [-0.4, -0.2) is 17.5 Å². The summed E-state index contributed by atoms with van der Waals surface area (Å²) in [6.45, 7) is 10.8. The molecule has 1 heterocycles. The smallest absolute Gasteiger partial charge is 0.191 e. The van der Waals surface area contributed by atoms with Crippen molar-refractivity contribution in [3.8, 4) is 0 Å². The van der Waals surface area contributed by atoms with Gasteiger partial charge in [-0.05, 0) is 30.9 Å². The number of thiazole rings is 1. The van der Waals surface area contributed by atoms with Crippen LogP contribution in [0.2, 0.25) is 0 Å². The number of hydrogen-bond donors (Lipinski definition) is 2. The second-order valence-corrected chi connectivity index (χ2v) is 6.74. The molecule has 1 aromatic carbocycles. The first kappa shape index (κ1) is 20.9. The van der Waals surface area contributed by atoms with Crippen LogP contribution in [0.3, 0.4) is 0 Å². The summed E-state index contributed by atoms with van der Waals surface area (Å²) >= 11 is 1.70. The van der Waals surface area contributed by atoms with Gasteiger partial charge < -0.3 is 10.6 Å². The number of guanidine groups is 1. The van der Waals surface area contributed by atoms with Gasteiger partial charge in [-0.2, -0.15) is 0 Å². The minimum atomic E-state index is 0. The molecule has 2 aromatic rings. The van der Waals surface area contributed by atoms with Crippen LogP contribution in [0, 0.1) is 6.92 Å². The summed E-state index contributed by atoms with van der Waals surface area (Å²) in [6, 6.07) is 8.36. The van der Waals surface area contributed by atoms with Gasteiger partial charge in [-0.1, -0.05) is 38.1 Å². The highest BCUT2D eigenvalue weighted by Crippen LogP contribution is 2.17. The molecule has 0 unspecified atom stereocenters. The number of nitrogens with one attached hydrogen (secondary N) is 2. The van der Waals surface area contributed by atoms with E-state index >= 15 is 0 Å². The lowest BCUT2D eigenvalue weighted by Crippen LogP contribution is -2.36. The minimum Gasteiger partial charge on any atom is -0.357 e. The second-order valence-electron chi connectivity index (χ2n) is 5.80. The Hall–Kier alpha value is -1.15. The molecule has 0 aliphatic heterocycles. The summed E-state index contributed by atoms with van der Waals surface area (Å²) in [4.78, 5) is 9.32. The average Bonchev–Trinajstić information content (AvgIpc) is 3.00. The summed E-state index contributed by atoms with van der Waals surface area (Å²) in [5.41, 5.74) is 3.68. The van der Waals surface area contributed by atoms with Crippen molar-refractivity contribution in [3.05, 3.63) is 51.5 Å². The molecule has 0 saturated carbocycles. The monoisotopic (exact) mass is 458 g/mol. The topological polar surface area (TPSA) is 49.3 Å². The first-order valence-electron chi connectivity index (χ1n) is 8.11. The Labute approximate surface area is 166 Å². The Morgan fingerprint density at radius 1 is 1.25 bits per heavy atom. The van der Waals surface area contributed by atoms with Gasteiger partial charge in [0.2, 0.25) is 0 Å². The van der Waals surface area contributed by atoms with Crippen molar-refractivity contribution in [2.45, 2.75) is 46.7 Å². The van der Waals surface area contributed by atoms with Crippen molar-refractivity contribution < 1.29 is 0 Å². The highest BCUT2D eigenvalue weighted by Gasteiger charge is 2.06. The lowest BCUT2D eigenvalue weighted by atomic mass is 10.1. The van der Waals surface area contributed by atoms with E-state index in [1.54, 1.807) is 11.3 Å². The molecule has 2 rings (SSSR count). The van der Waals surface area contributed by atoms with Gasteiger partial charge in [-0.25, -0.2) is 9.98 Å². The van der Waals surface area contributed by atoms with Crippen LogP contribution < -0.4 is 10.6 Å². The Bertz CT molecular complexity index is 652. The molecule has 0 aliphatic carbocycles. The molecule has 0 spiro atoms. The average molecular weight is 458 g/mol. The number of halogens is 1. The summed E-state index contributed by atoms with van der Waals surface area (Å²) in [5, 5.41) is 9.88. The van der Waals surface area contributed by atoms with Crippen molar-refractivity contribution in [2.24, 2.45) is 4.99 Å². The fourth-order valence-corrected chi connectivity index (χ4v) is 3.02. The molecule has 1 aromatic heterocycles. The molecule has 24 heavy (non-hydrogen) atoms. The number of hydrogen-bond acceptors (Lipinski definition) is 3. The van der Waals surface area contributed by atoms with E-state index in [0.717, 1.165) is 23.2 Å². The van der Waals surface area contributed by atoms with E-state index in [1.165, 1.54) is 11.1 Å². The van der Waals surface area contributed by atoms with E-state index in [2.05, 4.69) is 78.0 Å². The molecule has 132 valence electrons. The molecule has 0 radical (unpaired) electrons. The van der Waals surface area contributed by atoms with E-state index in [9.17, 15) is 0 Å². The van der Waals surface area contributed by atoms with Gasteiger partial charge in [0.25, 0.3) is 0 Å². The summed E-state index contributed by atoms with van der Waals surface area (Å²) in [7, 11) is 0. The molecule has 2 N–H and O–H groups in total. The van der Waals surface area contributed by atoms with E-state index in [1.807, 2.05) is 0 Å². The van der Waals surface area contributed by atoms with Crippen molar-refractivity contribution >= 4 is 41.3 Å². The van der Waals surface area contributed by atoms with Crippen molar-refractivity contribution in [3.63, 3.8) is 0 Å². The standard InChI is InChI=1S/C18H26N4S.HI/c1-5-19-18(20-10-15-9-7-6-8-14(15)4)21-11-17-22-16(12-23-17)13(2)3;/h6-9,12-13H,5,10-11H2,1-4H3,(H2,19,20,21);1H. The molecular formula is C18H27IN4S. The first-order chi connectivity index (χ1) is 11.1. The molecule has 0 fully saturated rings. The normalized spacial score (nSPS) is 11.3. The predicted molar refractivity (Wildman–Crippen MR) is 114 cm³/mol. The summed E-state index contributed by atoms with van der Waals surface area (Å²) in [6.07, 6.45) is 0. The van der Waals surface area contributed by atoms with Crippen LogP contribution in [0.15, 0.2) is 34.6 Å². The number of nitrogens with zero attached hydrogens (tertiary/aromatic N) is 2. The summed E-state index contributed by atoms with van der Waals surface area (Å²) < 4.78 is 0. The van der Waals surface area contributed by atoms with Gasteiger partial charge in [-0.3, -0.25) is 0 Å². The fourth-order valence-electron chi connectivity index (χ4n) is 2.12. The quantitative estimate of drug-likeness (QED) is 0.382. The van der Waals surface area contributed by atoms with E-state index < -0.39 is 0 Å². The number of aryl methyl sites for hydroxylation is 1. The van der Waals surface area contributed by atoms with Crippen molar-refractivity contribution in [1.82, 2.24) is 15.6 Å². The van der Waals surface area contributed by atoms with Gasteiger partial charge in [0.15, 0.2) is 5.96 Å². The fraction of sp³-hybridized carbons (Fsp3) is 0.444. The molecule has 0 amide bonds. The third-order valence-corrected chi connectivity index (χ3v) is 4.45. The SMILES string of the molecule is CCNC(=NCc1ccccc1C)NCc1nc(C(C)C)cs1.I. The van der Waals surface area contributed by atoms with Crippen LogP contribution in [0.25, 0.3) is 0 Å². The second kappa shape index (κ2) is 10.7. The van der Waals surface area contributed by atoms with E-state index in [-0.39, 0.29) is 24.0 Å². The maximum absolute atomic E-state index is 4.67. The minimum absolute atomic E-state index is 0. The Morgan fingerprint density at radius 2 is 2.00 bits per heavy atom. The highest BCUT2D eigenvalue weighted by molar-refractivity contribution is 14.0. The zero-order chi connectivity index (χ0) is 16.7. The molecule has 0 aliphatic rings. The molecule has 0 saturated heterocycles. The Kier molecular flexibility index (Phi) is 9.28. The summed E-state index contributed by atoms with van der Waals surface area (Å²) in [5.74, 6) is 1.31. The maximum atomic E-state index is 4.67. The number of rotatable bonds is 6. The van der Waals surface area contributed by atoms with Crippen LogP contribution in [0.4, 0.5) is 0 Å². The van der Waals surface area contributed by atoms with Gasteiger partial charge in [0.05, 0.1) is 18.8 Å². The van der Waals surface area contributed by atoms with Crippen LogP contribution in [-0.2, 0) is 13.1 Å². The van der Waals surface area contributed by atoms with Gasteiger partial charge >= 0.3 is 0 Å². The van der Waals surface area contributed by atoms with Gasteiger partial charge in [0.1, 0.15) is 5.01 Å². The lowest BCUT2D eigenvalue weighted by molar-refractivity contribution is 0.787. The molecule has 6 heteroatoms. The maximum Gasteiger partial charge on any atom is 0.191 e. The van der Waals surface area contributed by atoms with Crippen LogP contribution in [0.5, 0.6) is 0 Å². The predicted octanol–water partition coefficient (Wildman–Crippen LogP) is 4.45. The molecule has 0 bridgehead atoms. The van der Waals surface area contributed by atoms with E-state index in [0.29, 0.717) is 19.0 Å². The number of aliphatic imine (C=N–C) groups is 1. The van der Waals surface area contributed by atoms with Crippen molar-refractivity contribution in [1.29, 1.82) is 0 Å². The first-order valence-corrected chi connectivity index (χ1v) is 8.99. The zero-order valence-electron chi connectivity index (χ0n) is 14.8. The number of benzene rings is 1. The van der Waals surface area contributed by atoms with Crippen LogP contribution in [0.1, 0.15) is 48.5 Å².